The number of carbonyl (C=O) groups excluding carboxylic acids is 1. The Morgan fingerprint density at radius 2 is 1.72 bits per heavy atom. The molecule has 0 aliphatic rings. The van der Waals surface area contributed by atoms with Crippen molar-refractivity contribution in [2.24, 2.45) is 0 Å². The van der Waals surface area contributed by atoms with Crippen molar-refractivity contribution >= 4 is 40.5 Å². The van der Waals surface area contributed by atoms with Gasteiger partial charge < -0.3 is 9.73 Å². The van der Waals surface area contributed by atoms with Crippen LogP contribution in [0.4, 0.5) is 18.9 Å². The number of hydrogen-bond donors (Lipinski definition) is 3. The molecule has 3 N–H and O–H groups in total. The van der Waals surface area contributed by atoms with Crippen LogP contribution in [0.15, 0.2) is 59.0 Å². The number of furan rings is 1. The van der Waals surface area contributed by atoms with Crippen molar-refractivity contribution < 1.29 is 22.4 Å². The standard InChI is InChI=1S/C22H19ClF3N3O2S/c1-12(2)13-3-6-15(7-4-13)27-21(32)29-28-20(30)19-10-9-18(31-19)16-11-14(22(24,25)26)5-8-17(16)23/h3-12H,1-2H3,(H,28,30)(H2,27,29,32). The van der Waals surface area contributed by atoms with Gasteiger partial charge in [-0.2, -0.15) is 13.2 Å². The molecule has 5 nitrogen and oxygen atoms in total. The van der Waals surface area contributed by atoms with Crippen molar-refractivity contribution in [3.63, 3.8) is 0 Å². The Kier molecular flexibility index (Phi) is 7.10. The van der Waals surface area contributed by atoms with Crippen molar-refractivity contribution in [3.8, 4) is 11.3 Å². The maximum absolute atomic E-state index is 13.0. The average Bonchev–Trinajstić information content (AvgIpc) is 3.22. The minimum absolute atomic E-state index is 0.0236. The van der Waals surface area contributed by atoms with E-state index in [1.807, 2.05) is 24.3 Å². The third-order valence-electron chi connectivity index (χ3n) is 4.51. The molecule has 0 unspecified atom stereocenters. The van der Waals surface area contributed by atoms with Gasteiger partial charge >= 0.3 is 12.1 Å². The second-order valence-electron chi connectivity index (χ2n) is 7.17. The van der Waals surface area contributed by atoms with E-state index < -0.39 is 17.6 Å². The molecule has 0 saturated heterocycles. The first-order valence-electron chi connectivity index (χ1n) is 9.49. The van der Waals surface area contributed by atoms with Gasteiger partial charge in [0.25, 0.3) is 0 Å². The van der Waals surface area contributed by atoms with Crippen LogP contribution in [0.5, 0.6) is 0 Å². The van der Waals surface area contributed by atoms with Gasteiger partial charge in [-0.05, 0) is 66.2 Å². The lowest BCUT2D eigenvalue weighted by molar-refractivity contribution is -0.137. The number of anilines is 1. The average molecular weight is 482 g/mol. The molecular formula is C22H19ClF3N3O2S. The lowest BCUT2D eigenvalue weighted by Gasteiger charge is -2.12. The highest BCUT2D eigenvalue weighted by Crippen LogP contribution is 2.36. The van der Waals surface area contributed by atoms with E-state index in [2.05, 4.69) is 30.0 Å². The maximum atomic E-state index is 13.0. The molecule has 0 radical (unpaired) electrons. The summed E-state index contributed by atoms with van der Waals surface area (Å²) in [4.78, 5) is 12.3. The molecule has 0 atom stereocenters. The molecule has 0 saturated carbocycles. The Morgan fingerprint density at radius 3 is 2.34 bits per heavy atom. The van der Waals surface area contributed by atoms with Gasteiger partial charge in [-0.15, -0.1) is 0 Å². The van der Waals surface area contributed by atoms with Crippen LogP contribution in [0.25, 0.3) is 11.3 Å². The molecule has 1 heterocycles. The van der Waals surface area contributed by atoms with Crippen LogP contribution in [0, 0.1) is 0 Å². The molecule has 0 spiro atoms. The van der Waals surface area contributed by atoms with Crippen molar-refractivity contribution in [1.29, 1.82) is 0 Å². The highest BCUT2D eigenvalue weighted by molar-refractivity contribution is 7.80. The molecule has 0 aliphatic carbocycles. The van der Waals surface area contributed by atoms with Gasteiger partial charge in [0.2, 0.25) is 0 Å². The fourth-order valence-electron chi connectivity index (χ4n) is 2.78. The summed E-state index contributed by atoms with van der Waals surface area (Å²) < 4.78 is 44.3. The van der Waals surface area contributed by atoms with Crippen LogP contribution in [0.1, 0.15) is 41.4 Å². The third kappa shape index (κ3) is 5.80. The van der Waals surface area contributed by atoms with Gasteiger partial charge in [0.1, 0.15) is 5.76 Å². The van der Waals surface area contributed by atoms with Crippen LogP contribution in [0.2, 0.25) is 5.02 Å². The highest BCUT2D eigenvalue weighted by Gasteiger charge is 2.31. The smallest absolute Gasteiger partial charge is 0.416 e. The molecule has 1 aromatic heterocycles. The SMILES string of the molecule is CC(C)c1ccc(NC(=S)NNC(=O)c2ccc(-c3cc(C(F)(F)F)ccc3Cl)o2)cc1. The number of rotatable bonds is 4. The third-order valence-corrected chi connectivity index (χ3v) is 5.05. The van der Waals surface area contributed by atoms with Crippen LogP contribution < -0.4 is 16.2 Å². The number of halogens is 4. The Labute approximate surface area is 192 Å². The van der Waals surface area contributed by atoms with Crippen molar-refractivity contribution in [2.75, 3.05) is 5.32 Å². The van der Waals surface area contributed by atoms with E-state index in [4.69, 9.17) is 28.2 Å². The molecule has 2 aromatic carbocycles. The summed E-state index contributed by atoms with van der Waals surface area (Å²) >= 11 is 11.2. The van der Waals surface area contributed by atoms with Gasteiger partial charge in [-0.1, -0.05) is 37.6 Å². The molecule has 1 amide bonds. The number of nitrogens with one attached hydrogen (secondary N) is 3. The summed E-state index contributed by atoms with van der Waals surface area (Å²) in [5.74, 6) is -0.377. The van der Waals surface area contributed by atoms with Crippen LogP contribution in [0.3, 0.4) is 0 Å². The minimum atomic E-state index is -4.53. The summed E-state index contributed by atoms with van der Waals surface area (Å²) in [6.07, 6.45) is -4.53. The summed E-state index contributed by atoms with van der Waals surface area (Å²) in [6.45, 7) is 4.18. The van der Waals surface area contributed by atoms with E-state index in [9.17, 15) is 18.0 Å². The van der Waals surface area contributed by atoms with E-state index in [0.717, 1.165) is 23.9 Å². The number of carbonyl (C=O) groups is 1. The zero-order valence-electron chi connectivity index (χ0n) is 17.0. The van der Waals surface area contributed by atoms with E-state index in [1.54, 1.807) is 0 Å². The van der Waals surface area contributed by atoms with Gasteiger partial charge in [0, 0.05) is 11.3 Å². The Balaban J connectivity index is 1.62. The molecule has 0 fully saturated rings. The molecule has 32 heavy (non-hydrogen) atoms. The molecule has 0 aliphatic heterocycles. The molecule has 0 bridgehead atoms. The zero-order valence-corrected chi connectivity index (χ0v) is 18.6. The summed E-state index contributed by atoms with van der Waals surface area (Å²) in [5.41, 5.74) is 5.97. The first-order chi connectivity index (χ1) is 15.0. The molecule has 3 aromatic rings. The molecule has 10 heteroatoms. The van der Waals surface area contributed by atoms with Gasteiger partial charge in [-0.25, -0.2) is 0 Å². The Morgan fingerprint density at radius 1 is 1.03 bits per heavy atom. The van der Waals surface area contributed by atoms with Crippen molar-refractivity contribution in [2.45, 2.75) is 25.9 Å². The quantitative estimate of drug-likeness (QED) is 0.298. The van der Waals surface area contributed by atoms with Gasteiger partial charge in [-0.3, -0.25) is 15.6 Å². The zero-order chi connectivity index (χ0) is 23.5. The second kappa shape index (κ2) is 9.62. The number of hydrogen-bond acceptors (Lipinski definition) is 3. The first kappa shape index (κ1) is 23.6. The number of thiocarbonyl (C=S) groups is 1. The van der Waals surface area contributed by atoms with E-state index in [0.29, 0.717) is 5.92 Å². The predicted octanol–water partition coefficient (Wildman–Crippen LogP) is 6.37. The summed E-state index contributed by atoms with van der Waals surface area (Å²) in [7, 11) is 0. The lowest BCUT2D eigenvalue weighted by Crippen LogP contribution is -2.43. The molecule has 3 rings (SSSR count). The normalized spacial score (nSPS) is 11.3. The van der Waals surface area contributed by atoms with E-state index in [-0.39, 0.29) is 27.2 Å². The van der Waals surface area contributed by atoms with Gasteiger partial charge in [0.15, 0.2) is 10.9 Å². The predicted molar refractivity (Wildman–Crippen MR) is 122 cm³/mol. The summed E-state index contributed by atoms with van der Waals surface area (Å²) in [5, 5.41) is 3.13. The Hall–Kier alpha value is -3.04. The van der Waals surface area contributed by atoms with Crippen molar-refractivity contribution in [3.05, 3.63) is 76.5 Å². The van der Waals surface area contributed by atoms with Crippen LogP contribution in [-0.2, 0) is 6.18 Å². The topological polar surface area (TPSA) is 66.3 Å². The number of hydrazine groups is 1. The fourth-order valence-corrected chi connectivity index (χ4v) is 3.16. The molecular weight excluding hydrogens is 463 g/mol. The van der Waals surface area contributed by atoms with E-state index >= 15 is 0 Å². The number of amides is 1. The lowest BCUT2D eigenvalue weighted by atomic mass is 10.0. The molecule has 168 valence electrons. The fraction of sp³-hybridized carbons (Fsp3) is 0.182. The van der Waals surface area contributed by atoms with Gasteiger partial charge in [0.05, 0.1) is 10.6 Å². The first-order valence-corrected chi connectivity index (χ1v) is 10.3. The number of alkyl halides is 3. The van der Waals surface area contributed by atoms with Crippen molar-refractivity contribution in [1.82, 2.24) is 10.9 Å². The maximum Gasteiger partial charge on any atom is 0.416 e. The number of benzene rings is 2. The van der Waals surface area contributed by atoms with Crippen LogP contribution in [-0.4, -0.2) is 11.0 Å². The minimum Gasteiger partial charge on any atom is -0.451 e. The summed E-state index contributed by atoms with van der Waals surface area (Å²) in [6, 6.07) is 13.2. The van der Waals surface area contributed by atoms with E-state index in [1.165, 1.54) is 17.7 Å². The Bertz CT molecular complexity index is 1130. The monoisotopic (exact) mass is 481 g/mol. The van der Waals surface area contributed by atoms with Crippen LogP contribution >= 0.6 is 23.8 Å². The largest absolute Gasteiger partial charge is 0.451 e. The second-order valence-corrected chi connectivity index (χ2v) is 7.98. The highest BCUT2D eigenvalue weighted by atomic mass is 35.5.